The summed E-state index contributed by atoms with van der Waals surface area (Å²) in [6.07, 6.45) is 0.798. The Hall–Kier alpha value is -3.02. The summed E-state index contributed by atoms with van der Waals surface area (Å²) in [5, 5.41) is 0. The quantitative estimate of drug-likeness (QED) is 0.626. The van der Waals surface area contributed by atoms with Gasteiger partial charge >= 0.3 is 5.97 Å². The molecule has 0 saturated heterocycles. The van der Waals surface area contributed by atoms with Crippen LogP contribution in [0.25, 0.3) is 6.08 Å². The van der Waals surface area contributed by atoms with Gasteiger partial charge < -0.3 is 18.6 Å². The number of hydrogen-bond acceptors (Lipinski definition) is 6. The molecule has 0 bridgehead atoms. The lowest BCUT2D eigenvalue weighted by Gasteiger charge is -2.15. The Morgan fingerprint density at radius 2 is 1.96 bits per heavy atom. The number of hydrogen-bond donors (Lipinski definition) is 0. The fourth-order valence-electron chi connectivity index (χ4n) is 2.56. The van der Waals surface area contributed by atoms with Crippen LogP contribution >= 0.6 is 0 Å². The van der Waals surface area contributed by atoms with Gasteiger partial charge in [-0.25, -0.2) is 4.79 Å². The van der Waals surface area contributed by atoms with E-state index in [1.807, 2.05) is 13.0 Å². The van der Waals surface area contributed by atoms with E-state index in [0.29, 0.717) is 28.4 Å². The summed E-state index contributed by atoms with van der Waals surface area (Å²) >= 11 is 0. The third-order valence-electron chi connectivity index (χ3n) is 3.91. The van der Waals surface area contributed by atoms with Gasteiger partial charge in [-0.05, 0) is 45.0 Å². The maximum Gasteiger partial charge on any atom is 0.346 e. The SMILES string of the molecule is COC(=O)C(C)Oc1ccc2c(c1C)O/C(=C\c1ccc(C)o1)C2=O. The zero-order chi connectivity index (χ0) is 18.1. The molecule has 0 N–H and O–H groups in total. The highest BCUT2D eigenvalue weighted by Gasteiger charge is 2.31. The highest BCUT2D eigenvalue weighted by atomic mass is 16.6. The molecule has 0 saturated carbocycles. The predicted octanol–water partition coefficient (Wildman–Crippen LogP) is 3.45. The molecule has 1 unspecified atom stereocenters. The van der Waals surface area contributed by atoms with Crippen molar-refractivity contribution in [2.45, 2.75) is 26.9 Å². The number of benzene rings is 1. The van der Waals surface area contributed by atoms with Crippen LogP contribution in [0.4, 0.5) is 0 Å². The molecule has 1 atom stereocenters. The van der Waals surface area contributed by atoms with Crippen LogP contribution in [0.5, 0.6) is 11.5 Å². The molecule has 0 radical (unpaired) electrons. The number of rotatable bonds is 4. The first kappa shape index (κ1) is 16.8. The van der Waals surface area contributed by atoms with Crippen LogP contribution in [0.1, 0.15) is 34.4 Å². The van der Waals surface area contributed by atoms with Crippen LogP contribution in [0, 0.1) is 13.8 Å². The normalized spacial score (nSPS) is 15.7. The van der Waals surface area contributed by atoms with Gasteiger partial charge in [0, 0.05) is 11.6 Å². The largest absolute Gasteiger partial charge is 0.479 e. The van der Waals surface area contributed by atoms with Gasteiger partial charge in [0.2, 0.25) is 5.78 Å². The number of fused-ring (bicyclic) bond motifs is 1. The van der Waals surface area contributed by atoms with Crippen molar-refractivity contribution in [2.75, 3.05) is 7.11 Å². The molecule has 1 aliphatic rings. The fraction of sp³-hybridized carbons (Fsp3) is 0.263. The summed E-state index contributed by atoms with van der Waals surface area (Å²) < 4.78 is 21.4. The van der Waals surface area contributed by atoms with Crippen molar-refractivity contribution in [3.8, 4) is 11.5 Å². The van der Waals surface area contributed by atoms with Gasteiger partial charge in [-0.2, -0.15) is 0 Å². The monoisotopic (exact) mass is 342 g/mol. The summed E-state index contributed by atoms with van der Waals surface area (Å²) in [5.41, 5.74) is 1.09. The van der Waals surface area contributed by atoms with Gasteiger partial charge in [0.25, 0.3) is 0 Å². The number of aryl methyl sites for hydroxylation is 1. The highest BCUT2D eigenvalue weighted by Crippen LogP contribution is 2.39. The number of furan rings is 1. The molecule has 6 heteroatoms. The number of ether oxygens (including phenoxy) is 3. The molecular weight excluding hydrogens is 324 g/mol. The summed E-state index contributed by atoms with van der Waals surface area (Å²) in [7, 11) is 1.30. The topological polar surface area (TPSA) is 75.0 Å². The minimum absolute atomic E-state index is 0.186. The predicted molar refractivity (Wildman–Crippen MR) is 89.7 cm³/mol. The Morgan fingerprint density at radius 1 is 1.20 bits per heavy atom. The molecule has 0 aliphatic carbocycles. The molecule has 0 spiro atoms. The smallest absolute Gasteiger partial charge is 0.346 e. The second-order valence-corrected chi connectivity index (χ2v) is 5.74. The first-order valence-corrected chi connectivity index (χ1v) is 7.79. The van der Waals surface area contributed by atoms with Gasteiger partial charge in [-0.3, -0.25) is 4.79 Å². The van der Waals surface area contributed by atoms with Crippen LogP contribution in [-0.2, 0) is 9.53 Å². The third kappa shape index (κ3) is 3.15. The molecule has 3 rings (SSSR count). The van der Waals surface area contributed by atoms with Crippen molar-refractivity contribution in [2.24, 2.45) is 0 Å². The molecule has 0 amide bonds. The zero-order valence-electron chi connectivity index (χ0n) is 14.4. The summed E-state index contributed by atoms with van der Waals surface area (Å²) in [4.78, 5) is 24.0. The Balaban J connectivity index is 1.89. The molecule has 2 aromatic rings. The Kier molecular flexibility index (Phi) is 4.35. The standard InChI is InChI=1S/C19H18O6/c1-10-5-6-13(23-10)9-16-17(20)14-7-8-15(11(2)18(14)25-16)24-12(3)19(21)22-4/h5-9,12H,1-4H3/b16-9-. The Bertz CT molecular complexity index is 874. The average molecular weight is 342 g/mol. The van der Waals surface area contributed by atoms with E-state index in [9.17, 15) is 9.59 Å². The maximum absolute atomic E-state index is 12.5. The lowest BCUT2D eigenvalue weighted by molar-refractivity contribution is -0.147. The molecule has 1 aromatic heterocycles. The second kappa shape index (κ2) is 6.47. The number of Topliss-reactive ketones (excluding diaryl/α,β-unsaturated/α-hetero) is 1. The molecule has 1 aromatic carbocycles. The number of carbonyl (C=O) groups is 2. The summed E-state index contributed by atoms with van der Waals surface area (Å²) in [6.45, 7) is 5.19. The van der Waals surface area contributed by atoms with Crippen LogP contribution in [-0.4, -0.2) is 25.0 Å². The summed E-state index contributed by atoms with van der Waals surface area (Å²) in [5.74, 6) is 1.66. The van der Waals surface area contributed by atoms with Crippen LogP contribution in [0.3, 0.4) is 0 Å². The van der Waals surface area contributed by atoms with Crippen LogP contribution < -0.4 is 9.47 Å². The van der Waals surface area contributed by atoms with E-state index < -0.39 is 12.1 Å². The molecule has 25 heavy (non-hydrogen) atoms. The number of allylic oxidation sites excluding steroid dienone is 1. The van der Waals surface area contributed by atoms with E-state index in [1.165, 1.54) is 7.11 Å². The number of methoxy groups -OCH3 is 1. The maximum atomic E-state index is 12.5. The van der Waals surface area contributed by atoms with Gasteiger partial charge in [-0.1, -0.05) is 0 Å². The van der Waals surface area contributed by atoms with E-state index in [4.69, 9.17) is 13.9 Å². The van der Waals surface area contributed by atoms with E-state index in [2.05, 4.69) is 4.74 Å². The van der Waals surface area contributed by atoms with E-state index >= 15 is 0 Å². The van der Waals surface area contributed by atoms with Crippen LogP contribution in [0.2, 0.25) is 0 Å². The Morgan fingerprint density at radius 3 is 2.60 bits per heavy atom. The van der Waals surface area contributed by atoms with Crippen molar-refractivity contribution >= 4 is 17.8 Å². The minimum atomic E-state index is -0.764. The molecule has 2 heterocycles. The van der Waals surface area contributed by atoms with Gasteiger partial charge in [0.15, 0.2) is 11.9 Å². The second-order valence-electron chi connectivity index (χ2n) is 5.74. The minimum Gasteiger partial charge on any atom is -0.479 e. The molecule has 6 nitrogen and oxygen atoms in total. The zero-order valence-corrected chi connectivity index (χ0v) is 14.4. The summed E-state index contributed by atoms with van der Waals surface area (Å²) in [6, 6.07) is 6.85. The molecule has 1 aliphatic heterocycles. The third-order valence-corrected chi connectivity index (χ3v) is 3.91. The van der Waals surface area contributed by atoms with E-state index in [0.717, 1.165) is 5.76 Å². The van der Waals surface area contributed by atoms with Crippen molar-refractivity contribution in [1.82, 2.24) is 0 Å². The fourth-order valence-corrected chi connectivity index (χ4v) is 2.56. The lowest BCUT2D eigenvalue weighted by Crippen LogP contribution is -2.25. The first-order chi connectivity index (χ1) is 11.9. The molecular formula is C19H18O6. The van der Waals surface area contributed by atoms with Crippen molar-refractivity contribution in [3.63, 3.8) is 0 Å². The lowest BCUT2D eigenvalue weighted by atomic mass is 10.1. The van der Waals surface area contributed by atoms with E-state index in [1.54, 1.807) is 38.1 Å². The van der Waals surface area contributed by atoms with Gasteiger partial charge in [-0.15, -0.1) is 0 Å². The number of ketones is 1. The average Bonchev–Trinajstić information content (AvgIpc) is 3.14. The molecule has 0 fully saturated rings. The number of esters is 1. The van der Waals surface area contributed by atoms with E-state index in [-0.39, 0.29) is 11.5 Å². The first-order valence-electron chi connectivity index (χ1n) is 7.79. The van der Waals surface area contributed by atoms with Crippen molar-refractivity contribution < 1.29 is 28.2 Å². The molecule has 130 valence electrons. The number of carbonyl (C=O) groups excluding carboxylic acids is 2. The van der Waals surface area contributed by atoms with Gasteiger partial charge in [0.05, 0.1) is 12.7 Å². The van der Waals surface area contributed by atoms with Crippen LogP contribution in [0.15, 0.2) is 34.4 Å². The highest BCUT2D eigenvalue weighted by molar-refractivity contribution is 6.14. The Labute approximate surface area is 145 Å². The van der Waals surface area contributed by atoms with Crippen molar-refractivity contribution in [3.05, 3.63) is 52.7 Å². The van der Waals surface area contributed by atoms with Crippen molar-refractivity contribution in [1.29, 1.82) is 0 Å². The van der Waals surface area contributed by atoms with Gasteiger partial charge in [0.1, 0.15) is 23.0 Å².